The maximum Gasteiger partial charge on any atom is 0.236 e. The third-order valence-electron chi connectivity index (χ3n) is 3.65. The normalized spacial score (nSPS) is 13.1. The van der Waals surface area contributed by atoms with Gasteiger partial charge in [0, 0.05) is 37.0 Å². The molecule has 0 fully saturated rings. The summed E-state index contributed by atoms with van der Waals surface area (Å²) >= 11 is 0. The average Bonchev–Trinajstić information content (AvgIpc) is 2.88. The van der Waals surface area contributed by atoms with E-state index >= 15 is 0 Å². The van der Waals surface area contributed by atoms with Gasteiger partial charge in [0.15, 0.2) is 11.6 Å². The molecular weight excluding hydrogens is 295 g/mol. The maximum absolute atomic E-state index is 13.0. The van der Waals surface area contributed by atoms with Gasteiger partial charge in [-0.2, -0.15) is 5.10 Å². The highest BCUT2D eigenvalue weighted by Gasteiger charge is 2.18. The number of pyridine rings is 1. The second-order valence-corrected chi connectivity index (χ2v) is 6.61. The zero-order valence-corrected chi connectivity index (χ0v) is 14.2. The Bertz CT molecular complexity index is 652. The van der Waals surface area contributed by atoms with Crippen LogP contribution in [-0.2, 0) is 6.54 Å². The summed E-state index contributed by atoms with van der Waals surface area (Å²) < 4.78 is 20.0. The van der Waals surface area contributed by atoms with Crippen LogP contribution in [0.25, 0.3) is 11.1 Å². The van der Waals surface area contributed by atoms with Gasteiger partial charge in [-0.25, -0.2) is 9.37 Å². The van der Waals surface area contributed by atoms with Gasteiger partial charge in [0.25, 0.3) is 0 Å². The first kappa shape index (κ1) is 17.2. The first-order chi connectivity index (χ1) is 10.8. The van der Waals surface area contributed by atoms with Gasteiger partial charge in [-0.3, -0.25) is 4.68 Å². The minimum absolute atomic E-state index is 0.176. The number of hydrogen-bond acceptors (Lipinski definition) is 4. The van der Waals surface area contributed by atoms with Crippen LogP contribution in [0.2, 0.25) is 0 Å². The molecule has 0 saturated carbocycles. The van der Waals surface area contributed by atoms with Crippen LogP contribution in [0.5, 0.6) is 5.75 Å². The Morgan fingerprint density at radius 1 is 1.35 bits per heavy atom. The van der Waals surface area contributed by atoms with E-state index < -0.39 is 6.36 Å². The number of anilines is 1. The van der Waals surface area contributed by atoms with Crippen molar-refractivity contribution in [2.45, 2.75) is 53.4 Å². The number of rotatable bonds is 7. The van der Waals surface area contributed by atoms with E-state index in [1.54, 1.807) is 18.5 Å². The molecule has 2 N–H and O–H groups in total. The zero-order chi connectivity index (χ0) is 17.0. The minimum atomic E-state index is -1.44. The third kappa shape index (κ3) is 4.68. The van der Waals surface area contributed by atoms with Crippen molar-refractivity contribution in [2.24, 2.45) is 5.41 Å². The van der Waals surface area contributed by atoms with Gasteiger partial charge in [-0.15, -0.1) is 0 Å². The van der Waals surface area contributed by atoms with E-state index in [1.165, 1.54) is 6.92 Å². The highest BCUT2D eigenvalue weighted by molar-refractivity contribution is 5.65. The summed E-state index contributed by atoms with van der Waals surface area (Å²) in [6.45, 7) is 8.80. The van der Waals surface area contributed by atoms with Gasteiger partial charge in [0.1, 0.15) is 0 Å². The molecule has 6 heteroatoms. The summed E-state index contributed by atoms with van der Waals surface area (Å²) in [5.41, 5.74) is 7.61. The molecule has 0 bridgehead atoms. The standard InChI is InChI=1S/C17H25FN4O/c1-5-6-17(3,4)11-22-10-14(9-21-22)13-7-15(23-12(2)18)16(19)20-8-13/h7-10,12H,5-6,11H2,1-4H3,(H2,19,20). The second-order valence-electron chi connectivity index (χ2n) is 6.61. The highest BCUT2D eigenvalue weighted by Crippen LogP contribution is 2.29. The van der Waals surface area contributed by atoms with Crippen molar-refractivity contribution in [1.82, 2.24) is 14.8 Å². The fraction of sp³-hybridized carbons (Fsp3) is 0.529. The van der Waals surface area contributed by atoms with Crippen LogP contribution in [0.3, 0.4) is 0 Å². The SMILES string of the molecule is CCCC(C)(C)Cn1cc(-c2cnc(N)c(OC(C)F)c2)cn1. The first-order valence-corrected chi connectivity index (χ1v) is 7.90. The fourth-order valence-electron chi connectivity index (χ4n) is 2.68. The summed E-state index contributed by atoms with van der Waals surface area (Å²) in [5, 5.41) is 4.42. The van der Waals surface area contributed by atoms with E-state index in [-0.39, 0.29) is 17.0 Å². The first-order valence-electron chi connectivity index (χ1n) is 7.90. The molecule has 0 aromatic carbocycles. The lowest BCUT2D eigenvalue weighted by molar-refractivity contribution is 0.0866. The lowest BCUT2D eigenvalue weighted by atomic mass is 9.88. The minimum Gasteiger partial charge on any atom is -0.457 e. The molecule has 0 aliphatic rings. The van der Waals surface area contributed by atoms with Crippen LogP contribution in [0.4, 0.5) is 10.2 Å². The van der Waals surface area contributed by atoms with Crippen LogP contribution in [0, 0.1) is 5.41 Å². The molecular formula is C17H25FN4O. The molecule has 2 aromatic heterocycles. The molecule has 1 unspecified atom stereocenters. The fourth-order valence-corrected chi connectivity index (χ4v) is 2.68. The molecule has 1 atom stereocenters. The summed E-state index contributed by atoms with van der Waals surface area (Å²) in [6, 6.07) is 1.69. The number of hydrogen-bond donors (Lipinski definition) is 1. The van der Waals surface area contributed by atoms with Crippen molar-refractivity contribution in [3.8, 4) is 16.9 Å². The van der Waals surface area contributed by atoms with Crippen LogP contribution >= 0.6 is 0 Å². The Morgan fingerprint density at radius 3 is 2.74 bits per heavy atom. The Morgan fingerprint density at radius 2 is 2.09 bits per heavy atom. The summed E-state index contributed by atoms with van der Waals surface area (Å²) in [5.74, 6) is 0.422. The van der Waals surface area contributed by atoms with Crippen molar-refractivity contribution >= 4 is 5.82 Å². The van der Waals surface area contributed by atoms with E-state index in [2.05, 4.69) is 30.9 Å². The molecule has 0 aliphatic heterocycles. The summed E-state index contributed by atoms with van der Waals surface area (Å²) in [6.07, 6.45) is 6.23. The summed E-state index contributed by atoms with van der Waals surface area (Å²) in [4.78, 5) is 4.07. The van der Waals surface area contributed by atoms with Gasteiger partial charge in [0.2, 0.25) is 6.36 Å². The Kier molecular flexibility index (Phi) is 5.23. The maximum atomic E-state index is 13.0. The molecule has 0 radical (unpaired) electrons. The second kappa shape index (κ2) is 6.98. The number of nitrogens with two attached hydrogens (primary N) is 1. The van der Waals surface area contributed by atoms with Crippen molar-refractivity contribution in [3.05, 3.63) is 24.7 Å². The molecule has 2 aromatic rings. The number of nitrogen functional groups attached to an aromatic ring is 1. The average molecular weight is 320 g/mol. The predicted octanol–water partition coefficient (Wildman–Crippen LogP) is 4.05. The Labute approximate surface area is 136 Å². The van der Waals surface area contributed by atoms with E-state index in [4.69, 9.17) is 10.5 Å². The number of halogens is 1. The number of alkyl halides is 1. The number of aromatic nitrogens is 3. The lowest BCUT2D eigenvalue weighted by Crippen LogP contribution is -2.19. The van der Waals surface area contributed by atoms with Gasteiger partial charge >= 0.3 is 0 Å². The zero-order valence-electron chi connectivity index (χ0n) is 14.2. The van der Waals surface area contributed by atoms with Crippen LogP contribution in [-0.4, -0.2) is 21.1 Å². The van der Waals surface area contributed by atoms with E-state index in [0.29, 0.717) is 0 Å². The lowest BCUT2D eigenvalue weighted by Gasteiger charge is -2.23. The topological polar surface area (TPSA) is 66.0 Å². The molecule has 2 rings (SSSR count). The van der Waals surface area contributed by atoms with Crippen LogP contribution in [0.15, 0.2) is 24.7 Å². The number of ether oxygens (including phenoxy) is 1. The largest absolute Gasteiger partial charge is 0.457 e. The van der Waals surface area contributed by atoms with Crippen LogP contribution < -0.4 is 10.5 Å². The summed E-state index contributed by atoms with van der Waals surface area (Å²) in [7, 11) is 0. The monoisotopic (exact) mass is 320 g/mol. The molecule has 0 saturated heterocycles. The quantitative estimate of drug-likeness (QED) is 0.836. The van der Waals surface area contributed by atoms with Crippen molar-refractivity contribution < 1.29 is 9.13 Å². The third-order valence-corrected chi connectivity index (χ3v) is 3.65. The molecule has 5 nitrogen and oxygen atoms in total. The van der Waals surface area contributed by atoms with E-state index in [0.717, 1.165) is 30.5 Å². The molecule has 126 valence electrons. The smallest absolute Gasteiger partial charge is 0.236 e. The van der Waals surface area contributed by atoms with Crippen molar-refractivity contribution in [3.63, 3.8) is 0 Å². The molecule has 23 heavy (non-hydrogen) atoms. The highest BCUT2D eigenvalue weighted by atomic mass is 19.1. The predicted molar refractivity (Wildman–Crippen MR) is 89.8 cm³/mol. The number of nitrogens with zero attached hydrogens (tertiary/aromatic N) is 3. The van der Waals surface area contributed by atoms with Crippen molar-refractivity contribution in [1.29, 1.82) is 0 Å². The van der Waals surface area contributed by atoms with Gasteiger partial charge in [0.05, 0.1) is 6.20 Å². The Hall–Kier alpha value is -2.11. The van der Waals surface area contributed by atoms with Crippen LogP contribution in [0.1, 0.15) is 40.5 Å². The molecule has 0 amide bonds. The Balaban J connectivity index is 2.20. The van der Waals surface area contributed by atoms with Gasteiger partial charge in [-0.05, 0) is 17.9 Å². The van der Waals surface area contributed by atoms with E-state index in [9.17, 15) is 4.39 Å². The van der Waals surface area contributed by atoms with Crippen molar-refractivity contribution in [2.75, 3.05) is 5.73 Å². The molecule has 0 spiro atoms. The van der Waals surface area contributed by atoms with E-state index in [1.807, 2.05) is 10.9 Å². The molecule has 0 aliphatic carbocycles. The van der Waals surface area contributed by atoms with Gasteiger partial charge in [-0.1, -0.05) is 27.2 Å². The molecule has 2 heterocycles. The van der Waals surface area contributed by atoms with Gasteiger partial charge < -0.3 is 10.5 Å².